The molecule has 0 aromatic heterocycles. The summed E-state index contributed by atoms with van der Waals surface area (Å²) in [5.74, 6) is 0.319. The molecule has 0 aliphatic heterocycles. The van der Waals surface area contributed by atoms with E-state index in [2.05, 4.69) is 19.1 Å². The minimum atomic E-state index is 0.319. The monoisotopic (exact) mass is 168 g/mol. The van der Waals surface area contributed by atoms with Gasteiger partial charge >= 0.3 is 0 Å². The van der Waals surface area contributed by atoms with Gasteiger partial charge in [0.05, 0.1) is 0 Å². The second kappa shape index (κ2) is 8.51. The Hall–Kier alpha value is -0.590. The highest BCUT2D eigenvalue weighted by molar-refractivity contribution is 5.75. The second-order valence-corrected chi connectivity index (χ2v) is 3.18. The predicted molar refractivity (Wildman–Crippen MR) is 53.2 cm³/mol. The van der Waals surface area contributed by atoms with Crippen LogP contribution in [0.1, 0.15) is 52.4 Å². The van der Waals surface area contributed by atoms with Crippen LogP contribution in [-0.4, -0.2) is 5.78 Å². The summed E-state index contributed by atoms with van der Waals surface area (Å²) in [7, 11) is 0. The SMILES string of the molecule is CC/C=C\CCCCCC(C)=O. The summed E-state index contributed by atoms with van der Waals surface area (Å²) in [6, 6.07) is 0. The number of rotatable bonds is 7. The van der Waals surface area contributed by atoms with Crippen LogP contribution in [0.4, 0.5) is 0 Å². The maximum atomic E-state index is 10.6. The number of carbonyl (C=O) groups excluding carboxylic acids is 1. The van der Waals surface area contributed by atoms with Gasteiger partial charge in [-0.3, -0.25) is 0 Å². The molecule has 0 rings (SSSR count). The van der Waals surface area contributed by atoms with Crippen molar-refractivity contribution < 1.29 is 4.79 Å². The largest absolute Gasteiger partial charge is 0.300 e. The maximum Gasteiger partial charge on any atom is 0.129 e. The molecule has 0 saturated carbocycles. The van der Waals surface area contributed by atoms with Gasteiger partial charge in [0, 0.05) is 6.42 Å². The first-order valence-electron chi connectivity index (χ1n) is 4.91. The fourth-order valence-electron chi connectivity index (χ4n) is 1.10. The van der Waals surface area contributed by atoms with Gasteiger partial charge in [-0.25, -0.2) is 0 Å². The standard InChI is InChI=1S/C11H20O/c1-3-4-5-6-7-8-9-10-11(2)12/h4-5H,3,6-10H2,1-2H3/b5-4-. The highest BCUT2D eigenvalue weighted by Gasteiger charge is 1.91. The van der Waals surface area contributed by atoms with Crippen molar-refractivity contribution in [1.82, 2.24) is 0 Å². The van der Waals surface area contributed by atoms with Crippen LogP contribution < -0.4 is 0 Å². The van der Waals surface area contributed by atoms with Crippen LogP contribution in [0.2, 0.25) is 0 Å². The van der Waals surface area contributed by atoms with Gasteiger partial charge in [0.2, 0.25) is 0 Å². The number of hydrogen-bond donors (Lipinski definition) is 0. The van der Waals surface area contributed by atoms with Gasteiger partial charge in [-0.1, -0.05) is 25.5 Å². The van der Waals surface area contributed by atoms with E-state index in [-0.39, 0.29) is 0 Å². The van der Waals surface area contributed by atoms with Crippen LogP contribution in [0.3, 0.4) is 0 Å². The molecule has 0 N–H and O–H groups in total. The fraction of sp³-hybridized carbons (Fsp3) is 0.727. The minimum Gasteiger partial charge on any atom is -0.300 e. The number of carbonyl (C=O) groups is 1. The van der Waals surface area contributed by atoms with Crippen molar-refractivity contribution >= 4 is 5.78 Å². The van der Waals surface area contributed by atoms with E-state index in [4.69, 9.17) is 0 Å². The molecule has 0 aromatic rings. The number of ketones is 1. The Morgan fingerprint density at radius 3 is 2.50 bits per heavy atom. The van der Waals surface area contributed by atoms with Gasteiger partial charge in [-0.2, -0.15) is 0 Å². The lowest BCUT2D eigenvalue weighted by atomic mass is 10.1. The van der Waals surface area contributed by atoms with E-state index in [1.165, 1.54) is 19.3 Å². The average Bonchev–Trinajstić information content (AvgIpc) is 2.02. The van der Waals surface area contributed by atoms with E-state index >= 15 is 0 Å². The molecule has 0 atom stereocenters. The number of allylic oxidation sites excluding steroid dienone is 2. The number of Topliss-reactive ketones (excluding diaryl/α,β-unsaturated/α-hetero) is 1. The Morgan fingerprint density at radius 2 is 1.92 bits per heavy atom. The summed E-state index contributed by atoms with van der Waals surface area (Å²) in [5, 5.41) is 0. The van der Waals surface area contributed by atoms with E-state index in [1.54, 1.807) is 6.92 Å². The lowest BCUT2D eigenvalue weighted by molar-refractivity contribution is -0.117. The van der Waals surface area contributed by atoms with Crippen LogP contribution in [-0.2, 0) is 4.79 Å². The molecule has 0 aromatic carbocycles. The van der Waals surface area contributed by atoms with E-state index in [0.717, 1.165) is 19.3 Å². The van der Waals surface area contributed by atoms with Gasteiger partial charge in [0.1, 0.15) is 5.78 Å². The molecule has 0 radical (unpaired) electrons. The molecular weight excluding hydrogens is 148 g/mol. The Balaban J connectivity index is 3.00. The molecule has 0 fully saturated rings. The van der Waals surface area contributed by atoms with Crippen LogP contribution in [0.25, 0.3) is 0 Å². The topological polar surface area (TPSA) is 17.1 Å². The molecule has 1 heteroatoms. The molecule has 12 heavy (non-hydrogen) atoms. The summed E-state index contributed by atoms with van der Waals surface area (Å²) in [5.41, 5.74) is 0. The molecule has 0 aliphatic rings. The molecular formula is C11H20O. The van der Waals surface area contributed by atoms with Crippen LogP contribution in [0.15, 0.2) is 12.2 Å². The van der Waals surface area contributed by atoms with Gasteiger partial charge in [-0.05, 0) is 32.6 Å². The summed E-state index contributed by atoms with van der Waals surface area (Å²) < 4.78 is 0. The molecule has 1 nitrogen and oxygen atoms in total. The number of hydrogen-bond acceptors (Lipinski definition) is 1. The Morgan fingerprint density at radius 1 is 1.17 bits per heavy atom. The molecule has 0 saturated heterocycles. The van der Waals surface area contributed by atoms with E-state index in [0.29, 0.717) is 5.78 Å². The second-order valence-electron chi connectivity index (χ2n) is 3.18. The molecule has 70 valence electrons. The lowest BCUT2D eigenvalue weighted by Crippen LogP contribution is -1.88. The van der Waals surface area contributed by atoms with Crippen molar-refractivity contribution in [2.24, 2.45) is 0 Å². The molecule has 0 unspecified atom stereocenters. The van der Waals surface area contributed by atoms with E-state index in [9.17, 15) is 4.79 Å². The molecule has 0 heterocycles. The zero-order valence-electron chi connectivity index (χ0n) is 8.31. The Bertz CT molecular complexity index is 136. The first kappa shape index (κ1) is 11.4. The van der Waals surface area contributed by atoms with Crippen molar-refractivity contribution in [3.8, 4) is 0 Å². The quantitative estimate of drug-likeness (QED) is 0.420. The highest BCUT2D eigenvalue weighted by Crippen LogP contribution is 2.04. The van der Waals surface area contributed by atoms with Crippen LogP contribution in [0, 0.1) is 0 Å². The summed E-state index contributed by atoms with van der Waals surface area (Å²) >= 11 is 0. The van der Waals surface area contributed by atoms with Crippen molar-refractivity contribution in [3.63, 3.8) is 0 Å². The Kier molecular flexibility index (Phi) is 8.09. The van der Waals surface area contributed by atoms with Crippen molar-refractivity contribution in [2.45, 2.75) is 52.4 Å². The van der Waals surface area contributed by atoms with Crippen molar-refractivity contribution in [1.29, 1.82) is 0 Å². The zero-order valence-corrected chi connectivity index (χ0v) is 8.31. The summed E-state index contributed by atoms with van der Waals surface area (Å²) in [4.78, 5) is 10.6. The van der Waals surface area contributed by atoms with Crippen molar-refractivity contribution in [3.05, 3.63) is 12.2 Å². The first-order valence-corrected chi connectivity index (χ1v) is 4.91. The van der Waals surface area contributed by atoms with Gasteiger partial charge in [-0.15, -0.1) is 0 Å². The van der Waals surface area contributed by atoms with Gasteiger partial charge in [0.15, 0.2) is 0 Å². The summed E-state index contributed by atoms with van der Waals surface area (Å²) in [6.45, 7) is 3.81. The van der Waals surface area contributed by atoms with Crippen LogP contribution >= 0.6 is 0 Å². The fourth-order valence-corrected chi connectivity index (χ4v) is 1.10. The summed E-state index contributed by atoms with van der Waals surface area (Å²) in [6.07, 6.45) is 11.0. The maximum absolute atomic E-state index is 10.6. The average molecular weight is 168 g/mol. The molecule has 0 amide bonds. The lowest BCUT2D eigenvalue weighted by Gasteiger charge is -1.95. The van der Waals surface area contributed by atoms with Crippen LogP contribution in [0.5, 0.6) is 0 Å². The third-order valence-corrected chi connectivity index (χ3v) is 1.80. The normalized spacial score (nSPS) is 10.8. The third-order valence-electron chi connectivity index (χ3n) is 1.80. The molecule has 0 bridgehead atoms. The Labute approximate surface area is 75.9 Å². The van der Waals surface area contributed by atoms with E-state index in [1.807, 2.05) is 0 Å². The first-order chi connectivity index (χ1) is 5.77. The van der Waals surface area contributed by atoms with Gasteiger partial charge in [0.25, 0.3) is 0 Å². The highest BCUT2D eigenvalue weighted by atomic mass is 16.1. The predicted octanol–water partition coefficient (Wildman–Crippen LogP) is 3.49. The van der Waals surface area contributed by atoms with E-state index < -0.39 is 0 Å². The minimum absolute atomic E-state index is 0.319. The number of unbranched alkanes of at least 4 members (excludes halogenated alkanes) is 3. The van der Waals surface area contributed by atoms with Crippen molar-refractivity contribution in [2.75, 3.05) is 0 Å². The smallest absolute Gasteiger partial charge is 0.129 e. The van der Waals surface area contributed by atoms with Gasteiger partial charge < -0.3 is 4.79 Å². The molecule has 0 spiro atoms. The third kappa shape index (κ3) is 9.41. The zero-order chi connectivity index (χ0) is 9.23. The molecule has 0 aliphatic carbocycles.